The number of hydrogen-bond acceptors (Lipinski definition) is 6. The maximum absolute atomic E-state index is 5.85. The van der Waals surface area contributed by atoms with E-state index < -0.39 is 0 Å². The zero-order valence-corrected chi connectivity index (χ0v) is 11.5. The van der Waals surface area contributed by atoms with Crippen molar-refractivity contribution in [3.8, 4) is 0 Å². The van der Waals surface area contributed by atoms with Crippen LogP contribution in [0.5, 0.6) is 0 Å². The van der Waals surface area contributed by atoms with Crippen molar-refractivity contribution in [2.24, 2.45) is 0 Å². The van der Waals surface area contributed by atoms with Crippen LogP contribution in [0.4, 0.5) is 17.5 Å². The summed E-state index contributed by atoms with van der Waals surface area (Å²) in [6, 6.07) is 7.35. The topological polar surface area (TPSA) is 63.2 Å². The molecule has 6 nitrogen and oxygen atoms in total. The Hall–Kier alpha value is -1.92. The van der Waals surface area contributed by atoms with E-state index in [0.717, 1.165) is 24.6 Å². The Kier molecular flexibility index (Phi) is 3.94. The van der Waals surface area contributed by atoms with E-state index in [1.807, 2.05) is 24.3 Å². The van der Waals surface area contributed by atoms with E-state index in [-0.39, 0.29) is 0 Å². The highest BCUT2D eigenvalue weighted by Gasteiger charge is 2.13. The maximum atomic E-state index is 5.85. The molecule has 20 heavy (non-hydrogen) atoms. The molecule has 0 atom stereocenters. The Balaban J connectivity index is 1.75. The Morgan fingerprint density at radius 2 is 1.90 bits per heavy atom. The highest BCUT2D eigenvalue weighted by atomic mass is 35.5. The molecule has 1 N–H and O–H groups in total. The van der Waals surface area contributed by atoms with Gasteiger partial charge in [0, 0.05) is 23.8 Å². The van der Waals surface area contributed by atoms with Gasteiger partial charge >= 0.3 is 0 Å². The number of hydrogen-bond donors (Lipinski definition) is 1. The van der Waals surface area contributed by atoms with Crippen LogP contribution < -0.4 is 10.2 Å². The van der Waals surface area contributed by atoms with Crippen molar-refractivity contribution in [1.82, 2.24) is 15.2 Å². The molecular weight excluding hydrogens is 278 g/mol. The molecule has 1 aromatic carbocycles. The number of nitrogens with one attached hydrogen (secondary N) is 1. The number of benzene rings is 1. The van der Waals surface area contributed by atoms with Gasteiger partial charge in [-0.05, 0) is 24.3 Å². The summed E-state index contributed by atoms with van der Waals surface area (Å²) >= 11 is 5.85. The molecule has 1 aliphatic heterocycles. The number of morpholine rings is 1. The summed E-state index contributed by atoms with van der Waals surface area (Å²) in [6.07, 6.45) is 1.67. The second kappa shape index (κ2) is 6.02. The first kappa shape index (κ1) is 13.1. The minimum absolute atomic E-state index is 0.469. The Morgan fingerprint density at radius 3 is 2.65 bits per heavy atom. The molecule has 1 aliphatic rings. The standard InChI is InChI=1S/C13H14ClN5O/c14-10-1-3-11(4-2-10)16-13-17-12(9-15-18-13)19-5-7-20-8-6-19/h1-4,9H,5-8H2,(H,16,17,18). The molecular formula is C13H14ClN5O. The fourth-order valence-electron chi connectivity index (χ4n) is 1.96. The predicted molar refractivity (Wildman–Crippen MR) is 77.6 cm³/mol. The molecule has 1 fully saturated rings. The highest BCUT2D eigenvalue weighted by molar-refractivity contribution is 6.30. The van der Waals surface area contributed by atoms with Crippen LogP contribution in [0.2, 0.25) is 5.02 Å². The van der Waals surface area contributed by atoms with E-state index in [1.54, 1.807) is 6.20 Å². The average molecular weight is 292 g/mol. The van der Waals surface area contributed by atoms with Crippen molar-refractivity contribution in [3.63, 3.8) is 0 Å². The number of rotatable bonds is 3. The van der Waals surface area contributed by atoms with Gasteiger partial charge in [0.2, 0.25) is 5.95 Å². The number of nitrogens with zero attached hydrogens (tertiary/aromatic N) is 4. The van der Waals surface area contributed by atoms with Crippen molar-refractivity contribution in [2.45, 2.75) is 0 Å². The molecule has 0 amide bonds. The van der Waals surface area contributed by atoms with Crippen molar-refractivity contribution in [3.05, 3.63) is 35.5 Å². The summed E-state index contributed by atoms with van der Waals surface area (Å²) in [7, 11) is 0. The number of aromatic nitrogens is 3. The summed E-state index contributed by atoms with van der Waals surface area (Å²) in [5.74, 6) is 1.27. The van der Waals surface area contributed by atoms with Crippen LogP contribution in [0.25, 0.3) is 0 Å². The molecule has 0 aliphatic carbocycles. The van der Waals surface area contributed by atoms with Crippen LogP contribution in [0, 0.1) is 0 Å². The summed E-state index contributed by atoms with van der Waals surface area (Å²) in [5, 5.41) is 11.8. The first-order valence-electron chi connectivity index (χ1n) is 6.36. The molecule has 0 radical (unpaired) electrons. The molecule has 2 aromatic rings. The normalized spacial score (nSPS) is 15.2. The lowest BCUT2D eigenvalue weighted by atomic mass is 10.3. The van der Waals surface area contributed by atoms with Crippen LogP contribution in [0.1, 0.15) is 0 Å². The van der Waals surface area contributed by atoms with Crippen LogP contribution >= 0.6 is 11.6 Å². The molecule has 1 saturated heterocycles. The molecule has 3 rings (SSSR count). The predicted octanol–water partition coefficient (Wildman–Crippen LogP) is 2.11. The van der Waals surface area contributed by atoms with E-state index in [1.165, 1.54) is 0 Å². The van der Waals surface area contributed by atoms with Crippen molar-refractivity contribution in [1.29, 1.82) is 0 Å². The molecule has 2 heterocycles. The second-order valence-corrected chi connectivity index (χ2v) is 4.81. The average Bonchev–Trinajstić information content (AvgIpc) is 2.51. The quantitative estimate of drug-likeness (QED) is 0.934. The van der Waals surface area contributed by atoms with Crippen molar-refractivity contribution in [2.75, 3.05) is 36.5 Å². The fourth-order valence-corrected chi connectivity index (χ4v) is 2.08. The summed E-state index contributed by atoms with van der Waals surface area (Å²) in [4.78, 5) is 6.60. The highest BCUT2D eigenvalue weighted by Crippen LogP contribution is 2.18. The zero-order valence-electron chi connectivity index (χ0n) is 10.8. The van der Waals surface area contributed by atoms with Gasteiger partial charge in [0.15, 0.2) is 5.82 Å². The van der Waals surface area contributed by atoms with E-state index in [4.69, 9.17) is 16.3 Å². The minimum atomic E-state index is 0.469. The van der Waals surface area contributed by atoms with Gasteiger partial charge in [-0.2, -0.15) is 10.1 Å². The van der Waals surface area contributed by atoms with Gasteiger partial charge in [0.1, 0.15) is 0 Å². The SMILES string of the molecule is Clc1ccc(Nc2nncc(N3CCOCC3)n2)cc1. The van der Waals surface area contributed by atoms with Crippen LogP contribution in [-0.4, -0.2) is 41.5 Å². The molecule has 1 aromatic heterocycles. The number of anilines is 3. The first-order chi connectivity index (χ1) is 9.81. The lowest BCUT2D eigenvalue weighted by Gasteiger charge is -2.27. The monoisotopic (exact) mass is 291 g/mol. The second-order valence-electron chi connectivity index (χ2n) is 4.37. The lowest BCUT2D eigenvalue weighted by Crippen LogP contribution is -2.36. The number of ether oxygens (including phenoxy) is 1. The molecule has 0 spiro atoms. The minimum Gasteiger partial charge on any atom is -0.378 e. The Labute approximate surface area is 121 Å². The molecule has 0 saturated carbocycles. The van der Waals surface area contributed by atoms with Gasteiger partial charge < -0.3 is 15.0 Å². The third kappa shape index (κ3) is 3.15. The van der Waals surface area contributed by atoms with Gasteiger partial charge in [-0.15, -0.1) is 5.10 Å². The zero-order chi connectivity index (χ0) is 13.8. The van der Waals surface area contributed by atoms with E-state index in [9.17, 15) is 0 Å². The first-order valence-corrected chi connectivity index (χ1v) is 6.74. The molecule has 104 valence electrons. The lowest BCUT2D eigenvalue weighted by molar-refractivity contribution is 0.122. The van der Waals surface area contributed by atoms with Crippen LogP contribution in [0.15, 0.2) is 30.5 Å². The van der Waals surface area contributed by atoms with Gasteiger partial charge in [-0.25, -0.2) is 0 Å². The van der Waals surface area contributed by atoms with Crippen molar-refractivity contribution < 1.29 is 4.74 Å². The Bertz CT molecular complexity index is 571. The van der Waals surface area contributed by atoms with Gasteiger partial charge in [0.05, 0.1) is 19.4 Å². The Morgan fingerprint density at radius 1 is 1.15 bits per heavy atom. The number of halogens is 1. The third-order valence-electron chi connectivity index (χ3n) is 2.98. The van der Waals surface area contributed by atoms with Crippen molar-refractivity contribution >= 4 is 29.1 Å². The van der Waals surface area contributed by atoms with Crippen LogP contribution in [0.3, 0.4) is 0 Å². The summed E-state index contributed by atoms with van der Waals surface area (Å²) < 4.78 is 5.32. The summed E-state index contributed by atoms with van der Waals surface area (Å²) in [5.41, 5.74) is 0.871. The van der Waals surface area contributed by atoms with Gasteiger partial charge in [-0.1, -0.05) is 11.6 Å². The fraction of sp³-hybridized carbons (Fsp3) is 0.308. The summed E-state index contributed by atoms with van der Waals surface area (Å²) in [6.45, 7) is 3.06. The van der Waals surface area contributed by atoms with Crippen LogP contribution in [-0.2, 0) is 4.74 Å². The van der Waals surface area contributed by atoms with E-state index in [2.05, 4.69) is 25.4 Å². The molecule has 0 unspecified atom stereocenters. The molecule has 0 bridgehead atoms. The van der Waals surface area contributed by atoms with Gasteiger partial charge in [0.25, 0.3) is 0 Å². The third-order valence-corrected chi connectivity index (χ3v) is 3.23. The van der Waals surface area contributed by atoms with E-state index >= 15 is 0 Å². The largest absolute Gasteiger partial charge is 0.378 e. The van der Waals surface area contributed by atoms with Gasteiger partial charge in [-0.3, -0.25) is 0 Å². The smallest absolute Gasteiger partial charge is 0.249 e. The van der Waals surface area contributed by atoms with E-state index in [0.29, 0.717) is 24.2 Å². The molecule has 7 heteroatoms. The maximum Gasteiger partial charge on any atom is 0.249 e.